The summed E-state index contributed by atoms with van der Waals surface area (Å²) in [6, 6.07) is 1.22. The summed E-state index contributed by atoms with van der Waals surface area (Å²) in [5.74, 6) is -0.243. The van der Waals surface area contributed by atoms with E-state index in [2.05, 4.69) is 9.46 Å². The van der Waals surface area contributed by atoms with Crippen molar-refractivity contribution < 1.29 is 17.9 Å². The molecule has 1 aliphatic carbocycles. The molecular weight excluding hydrogens is 288 g/mol. The van der Waals surface area contributed by atoms with E-state index >= 15 is 0 Å². The first kappa shape index (κ1) is 14.4. The number of methoxy groups -OCH3 is 1. The Morgan fingerprint density at radius 1 is 1.63 bits per heavy atom. The van der Waals surface area contributed by atoms with Crippen LogP contribution in [0, 0.1) is 5.92 Å². The van der Waals surface area contributed by atoms with Crippen LogP contribution in [-0.4, -0.2) is 34.1 Å². The molecule has 0 amide bonds. The molecule has 2 rings (SSSR count). The lowest BCUT2D eigenvalue weighted by Crippen LogP contribution is -2.38. The molecule has 0 aliphatic heterocycles. The largest absolute Gasteiger partial charge is 0.465 e. The Kier molecular flexibility index (Phi) is 4.24. The van der Waals surface area contributed by atoms with E-state index in [1.54, 1.807) is 5.38 Å². The second-order valence-corrected chi connectivity index (χ2v) is 7.11. The van der Waals surface area contributed by atoms with Crippen molar-refractivity contribution in [3.05, 3.63) is 16.3 Å². The minimum Gasteiger partial charge on any atom is -0.465 e. The molecular formula is C11H16N2O4S2. The fourth-order valence-electron chi connectivity index (χ4n) is 1.73. The van der Waals surface area contributed by atoms with Crippen molar-refractivity contribution in [1.29, 1.82) is 0 Å². The molecule has 0 saturated heterocycles. The highest BCUT2D eigenvalue weighted by atomic mass is 32.2. The van der Waals surface area contributed by atoms with Gasteiger partial charge in [-0.05, 0) is 30.2 Å². The van der Waals surface area contributed by atoms with Gasteiger partial charge in [0.15, 0.2) is 0 Å². The van der Waals surface area contributed by atoms with E-state index < -0.39 is 16.0 Å². The van der Waals surface area contributed by atoms with Crippen LogP contribution >= 0.6 is 11.3 Å². The highest BCUT2D eigenvalue weighted by molar-refractivity contribution is 7.89. The van der Waals surface area contributed by atoms with Crippen LogP contribution in [0.3, 0.4) is 0 Å². The molecule has 1 saturated carbocycles. The van der Waals surface area contributed by atoms with E-state index in [-0.39, 0.29) is 22.4 Å². The van der Waals surface area contributed by atoms with Crippen molar-refractivity contribution in [3.63, 3.8) is 0 Å². The van der Waals surface area contributed by atoms with Gasteiger partial charge in [0, 0.05) is 12.6 Å². The molecule has 0 aromatic carbocycles. The Bertz CT molecular complexity index is 563. The monoisotopic (exact) mass is 304 g/mol. The average Bonchev–Trinajstić information content (AvgIpc) is 3.11. The van der Waals surface area contributed by atoms with E-state index in [0.29, 0.717) is 5.92 Å². The lowest BCUT2D eigenvalue weighted by molar-refractivity contribution is 0.0602. The summed E-state index contributed by atoms with van der Waals surface area (Å²) >= 11 is 1.04. The predicted molar refractivity (Wildman–Crippen MR) is 71.5 cm³/mol. The van der Waals surface area contributed by atoms with Crippen LogP contribution in [0.1, 0.15) is 22.5 Å². The van der Waals surface area contributed by atoms with Crippen LogP contribution in [-0.2, 0) is 14.8 Å². The van der Waals surface area contributed by atoms with Gasteiger partial charge >= 0.3 is 5.97 Å². The second-order valence-electron chi connectivity index (χ2n) is 4.46. The van der Waals surface area contributed by atoms with Crippen LogP contribution in [0.2, 0.25) is 0 Å². The summed E-state index contributed by atoms with van der Waals surface area (Å²) in [4.78, 5) is 11.5. The molecule has 1 aromatic rings. The van der Waals surface area contributed by atoms with E-state index in [9.17, 15) is 13.2 Å². The molecule has 1 atom stereocenters. The number of hydrogen-bond acceptors (Lipinski definition) is 6. The first-order valence-corrected chi connectivity index (χ1v) is 8.23. The van der Waals surface area contributed by atoms with Crippen LogP contribution in [0.15, 0.2) is 16.3 Å². The van der Waals surface area contributed by atoms with Crippen molar-refractivity contribution in [2.24, 2.45) is 11.7 Å². The molecule has 1 aromatic heterocycles. The zero-order chi connectivity index (χ0) is 14.0. The number of ether oxygens (including phenoxy) is 1. The topological polar surface area (TPSA) is 98.5 Å². The lowest BCUT2D eigenvalue weighted by atomic mass is 10.2. The molecule has 1 heterocycles. The van der Waals surface area contributed by atoms with Gasteiger partial charge in [-0.3, -0.25) is 0 Å². The third kappa shape index (κ3) is 3.33. The van der Waals surface area contributed by atoms with Crippen molar-refractivity contribution in [1.82, 2.24) is 4.72 Å². The van der Waals surface area contributed by atoms with Gasteiger partial charge in [0.1, 0.15) is 9.77 Å². The van der Waals surface area contributed by atoms with Gasteiger partial charge in [0.2, 0.25) is 10.0 Å². The van der Waals surface area contributed by atoms with E-state index in [0.717, 1.165) is 24.2 Å². The standard InChI is InChI=1S/C11H16N2O4S2/c1-17-11(14)10-9(4-5-18-10)19(15,16)13-6-8(12)7-2-3-7/h4-5,7-8,13H,2-3,6,12H2,1H3. The molecule has 1 unspecified atom stereocenters. The predicted octanol–water partition coefficient (Wildman–Crippen LogP) is 0.550. The van der Waals surface area contributed by atoms with Gasteiger partial charge in [-0.2, -0.15) is 0 Å². The molecule has 106 valence electrons. The van der Waals surface area contributed by atoms with Gasteiger partial charge in [-0.25, -0.2) is 17.9 Å². The molecule has 0 spiro atoms. The maximum atomic E-state index is 12.1. The molecule has 0 bridgehead atoms. The fourth-order valence-corrected chi connectivity index (χ4v) is 4.13. The minimum absolute atomic E-state index is 0.0488. The quantitative estimate of drug-likeness (QED) is 0.748. The number of sulfonamides is 1. The summed E-state index contributed by atoms with van der Waals surface area (Å²) in [5, 5.41) is 1.54. The number of carbonyl (C=O) groups is 1. The summed E-state index contributed by atoms with van der Waals surface area (Å²) in [7, 11) is -2.51. The molecule has 3 N–H and O–H groups in total. The third-order valence-corrected chi connectivity index (χ3v) is 5.52. The van der Waals surface area contributed by atoms with Crippen molar-refractivity contribution in [2.75, 3.05) is 13.7 Å². The van der Waals surface area contributed by atoms with Gasteiger partial charge in [0.25, 0.3) is 0 Å². The number of thiophene rings is 1. The van der Waals surface area contributed by atoms with Crippen LogP contribution in [0.25, 0.3) is 0 Å². The Morgan fingerprint density at radius 3 is 2.89 bits per heavy atom. The minimum atomic E-state index is -3.72. The zero-order valence-corrected chi connectivity index (χ0v) is 12.1. The molecule has 1 fully saturated rings. The van der Waals surface area contributed by atoms with Gasteiger partial charge in [0.05, 0.1) is 7.11 Å². The third-order valence-electron chi connectivity index (χ3n) is 3.03. The molecule has 0 radical (unpaired) electrons. The smallest absolute Gasteiger partial charge is 0.349 e. The highest BCUT2D eigenvalue weighted by Gasteiger charge is 2.30. The maximum absolute atomic E-state index is 12.1. The first-order chi connectivity index (χ1) is 8.95. The summed E-state index contributed by atoms with van der Waals surface area (Å²) < 4.78 is 31.2. The number of carbonyl (C=O) groups excluding carboxylic acids is 1. The van der Waals surface area contributed by atoms with Gasteiger partial charge < -0.3 is 10.5 Å². The molecule has 1 aliphatic rings. The highest BCUT2D eigenvalue weighted by Crippen LogP contribution is 2.31. The second kappa shape index (κ2) is 5.58. The average molecular weight is 304 g/mol. The Hall–Kier alpha value is -0.960. The van der Waals surface area contributed by atoms with E-state index in [4.69, 9.17) is 5.73 Å². The number of esters is 1. The lowest BCUT2D eigenvalue weighted by Gasteiger charge is -2.12. The van der Waals surface area contributed by atoms with E-state index in [1.165, 1.54) is 13.2 Å². The Balaban J connectivity index is 2.10. The van der Waals surface area contributed by atoms with Crippen LogP contribution in [0.5, 0.6) is 0 Å². The van der Waals surface area contributed by atoms with Gasteiger partial charge in [-0.15, -0.1) is 11.3 Å². The van der Waals surface area contributed by atoms with Crippen molar-refractivity contribution in [2.45, 2.75) is 23.8 Å². The van der Waals surface area contributed by atoms with Crippen molar-refractivity contribution in [3.8, 4) is 0 Å². The number of hydrogen-bond donors (Lipinski definition) is 2. The number of nitrogens with one attached hydrogen (secondary N) is 1. The summed E-state index contributed by atoms with van der Waals surface area (Å²) in [5.41, 5.74) is 5.85. The summed E-state index contributed by atoms with van der Waals surface area (Å²) in [6.45, 7) is 0.184. The molecule has 19 heavy (non-hydrogen) atoms. The fraction of sp³-hybridized carbons (Fsp3) is 0.545. The number of nitrogens with two attached hydrogens (primary N) is 1. The normalized spacial score (nSPS) is 17.2. The van der Waals surface area contributed by atoms with E-state index in [1.807, 2.05) is 0 Å². The SMILES string of the molecule is COC(=O)c1sccc1S(=O)(=O)NCC(N)C1CC1. The Morgan fingerprint density at radius 2 is 2.32 bits per heavy atom. The Labute approximate surface area is 116 Å². The molecule has 8 heteroatoms. The van der Waals surface area contributed by atoms with Crippen LogP contribution < -0.4 is 10.5 Å². The summed E-state index contributed by atoms with van der Waals surface area (Å²) in [6.07, 6.45) is 2.10. The molecule has 6 nitrogen and oxygen atoms in total. The zero-order valence-electron chi connectivity index (χ0n) is 10.5. The van der Waals surface area contributed by atoms with Crippen LogP contribution in [0.4, 0.5) is 0 Å². The van der Waals surface area contributed by atoms with Crippen molar-refractivity contribution >= 4 is 27.3 Å². The van der Waals surface area contributed by atoms with Gasteiger partial charge in [-0.1, -0.05) is 0 Å². The first-order valence-electron chi connectivity index (χ1n) is 5.86. The number of rotatable bonds is 6. The maximum Gasteiger partial charge on any atom is 0.349 e.